The molecule has 1 spiro atoms. The predicted octanol–water partition coefficient (Wildman–Crippen LogP) is -1.01. The van der Waals surface area contributed by atoms with E-state index < -0.39 is 5.54 Å². The van der Waals surface area contributed by atoms with Crippen molar-refractivity contribution in [2.75, 3.05) is 52.5 Å². The van der Waals surface area contributed by atoms with Gasteiger partial charge in [-0.15, -0.1) is 0 Å². The van der Waals surface area contributed by atoms with Crippen molar-refractivity contribution in [3.8, 4) is 0 Å². The molecule has 3 aliphatic heterocycles. The van der Waals surface area contributed by atoms with Crippen molar-refractivity contribution in [2.45, 2.75) is 18.4 Å². The Morgan fingerprint density at radius 2 is 1.60 bits per heavy atom. The second-order valence-electron chi connectivity index (χ2n) is 5.79. The number of amides is 3. The molecule has 3 amide bonds. The Labute approximate surface area is 118 Å². The molecule has 2 N–H and O–H groups in total. The Balaban J connectivity index is 1.44. The Bertz CT molecular complexity index is 387. The number of hydrogen-bond donors (Lipinski definition) is 2. The summed E-state index contributed by atoms with van der Waals surface area (Å²) < 4.78 is 5.34. The average molecular weight is 282 g/mol. The van der Waals surface area contributed by atoms with Gasteiger partial charge in [0.25, 0.3) is 5.91 Å². The molecule has 3 fully saturated rings. The van der Waals surface area contributed by atoms with E-state index in [9.17, 15) is 9.59 Å². The molecule has 0 aromatic heterocycles. The number of imide groups is 1. The zero-order chi connectivity index (χ0) is 14.0. The largest absolute Gasteiger partial charge is 0.379 e. The number of nitrogens with zero attached hydrogens (tertiary/aromatic N) is 2. The van der Waals surface area contributed by atoms with Crippen molar-refractivity contribution in [1.29, 1.82) is 0 Å². The van der Waals surface area contributed by atoms with Gasteiger partial charge in [0.05, 0.1) is 13.2 Å². The summed E-state index contributed by atoms with van der Waals surface area (Å²) in [6.45, 7) is 7.47. The third-order valence-corrected chi connectivity index (χ3v) is 4.56. The summed E-state index contributed by atoms with van der Waals surface area (Å²) in [5.41, 5.74) is -0.646. The number of nitrogens with one attached hydrogen (secondary N) is 2. The van der Waals surface area contributed by atoms with Crippen molar-refractivity contribution in [3.63, 3.8) is 0 Å². The van der Waals surface area contributed by atoms with Crippen molar-refractivity contribution < 1.29 is 14.3 Å². The lowest BCUT2D eigenvalue weighted by atomic mass is 9.88. The molecule has 0 aromatic carbocycles. The third-order valence-electron chi connectivity index (χ3n) is 4.56. The maximum atomic E-state index is 11.8. The molecule has 0 radical (unpaired) electrons. The van der Waals surface area contributed by atoms with E-state index in [4.69, 9.17) is 4.74 Å². The van der Waals surface area contributed by atoms with Crippen LogP contribution in [-0.4, -0.2) is 79.8 Å². The maximum absolute atomic E-state index is 11.8. The van der Waals surface area contributed by atoms with Crippen LogP contribution in [0.4, 0.5) is 4.79 Å². The topological polar surface area (TPSA) is 73.9 Å². The lowest BCUT2D eigenvalue weighted by Crippen LogP contribution is -2.55. The highest BCUT2D eigenvalue weighted by Gasteiger charge is 2.47. The van der Waals surface area contributed by atoms with E-state index >= 15 is 0 Å². The lowest BCUT2D eigenvalue weighted by molar-refractivity contribution is -0.125. The fourth-order valence-electron chi connectivity index (χ4n) is 3.15. The molecule has 20 heavy (non-hydrogen) atoms. The molecule has 0 bridgehead atoms. The molecule has 0 aliphatic carbocycles. The molecule has 3 saturated heterocycles. The first-order chi connectivity index (χ1) is 9.68. The number of hydrogen-bond acceptors (Lipinski definition) is 5. The Morgan fingerprint density at radius 1 is 1.00 bits per heavy atom. The monoisotopic (exact) mass is 282 g/mol. The van der Waals surface area contributed by atoms with Crippen LogP contribution in [0.1, 0.15) is 12.8 Å². The highest BCUT2D eigenvalue weighted by molar-refractivity contribution is 6.07. The van der Waals surface area contributed by atoms with E-state index in [2.05, 4.69) is 20.4 Å². The Hall–Kier alpha value is -1.18. The van der Waals surface area contributed by atoms with Crippen molar-refractivity contribution in [1.82, 2.24) is 20.4 Å². The molecular formula is C13H22N4O3. The van der Waals surface area contributed by atoms with Crippen LogP contribution in [0.5, 0.6) is 0 Å². The summed E-state index contributed by atoms with van der Waals surface area (Å²) in [4.78, 5) is 27.9. The molecule has 0 unspecified atom stereocenters. The van der Waals surface area contributed by atoms with Crippen LogP contribution in [0, 0.1) is 0 Å². The first-order valence-electron chi connectivity index (χ1n) is 7.34. The molecule has 0 atom stereocenters. The normalized spacial score (nSPS) is 27.6. The summed E-state index contributed by atoms with van der Waals surface area (Å²) in [5, 5.41) is 5.14. The van der Waals surface area contributed by atoms with Crippen LogP contribution in [-0.2, 0) is 9.53 Å². The maximum Gasteiger partial charge on any atom is 0.322 e. The van der Waals surface area contributed by atoms with Crippen LogP contribution in [0.2, 0.25) is 0 Å². The van der Waals surface area contributed by atoms with E-state index in [1.54, 1.807) is 0 Å². The average Bonchev–Trinajstić information content (AvgIpc) is 2.74. The predicted molar refractivity (Wildman–Crippen MR) is 72.3 cm³/mol. The number of morpholine rings is 1. The Morgan fingerprint density at radius 3 is 2.15 bits per heavy atom. The Kier molecular flexibility index (Phi) is 3.91. The van der Waals surface area contributed by atoms with Gasteiger partial charge in [0.15, 0.2) is 0 Å². The van der Waals surface area contributed by atoms with Crippen LogP contribution in [0.3, 0.4) is 0 Å². The molecule has 0 saturated carbocycles. The third kappa shape index (κ3) is 2.79. The highest BCUT2D eigenvalue weighted by Crippen LogP contribution is 2.25. The van der Waals surface area contributed by atoms with Crippen LogP contribution >= 0.6 is 0 Å². The van der Waals surface area contributed by atoms with E-state index in [0.29, 0.717) is 12.8 Å². The van der Waals surface area contributed by atoms with Crippen molar-refractivity contribution in [2.24, 2.45) is 0 Å². The summed E-state index contributed by atoms with van der Waals surface area (Å²) in [6, 6.07) is -0.350. The minimum Gasteiger partial charge on any atom is -0.379 e. The number of carbonyl (C=O) groups excluding carboxylic acids is 2. The van der Waals surface area contributed by atoms with Gasteiger partial charge >= 0.3 is 6.03 Å². The SMILES string of the molecule is O=C1NC(=O)C2(CCN(CCN3CCOCC3)CC2)N1. The van der Waals surface area contributed by atoms with E-state index in [0.717, 1.165) is 52.5 Å². The van der Waals surface area contributed by atoms with Gasteiger partial charge < -0.3 is 15.0 Å². The quantitative estimate of drug-likeness (QED) is 0.649. The van der Waals surface area contributed by atoms with E-state index in [1.165, 1.54) is 0 Å². The smallest absolute Gasteiger partial charge is 0.322 e. The fraction of sp³-hybridized carbons (Fsp3) is 0.846. The molecule has 0 aromatic rings. The zero-order valence-electron chi connectivity index (χ0n) is 11.7. The van der Waals surface area contributed by atoms with Gasteiger partial charge in [0.2, 0.25) is 0 Å². The van der Waals surface area contributed by atoms with Gasteiger partial charge in [-0.1, -0.05) is 0 Å². The molecule has 3 rings (SSSR count). The van der Waals surface area contributed by atoms with Gasteiger partial charge in [-0.25, -0.2) is 4.79 Å². The minimum atomic E-state index is -0.646. The van der Waals surface area contributed by atoms with E-state index in [-0.39, 0.29) is 11.9 Å². The lowest BCUT2D eigenvalue weighted by Gasteiger charge is -2.38. The summed E-state index contributed by atoms with van der Waals surface area (Å²) in [6.07, 6.45) is 1.40. The summed E-state index contributed by atoms with van der Waals surface area (Å²) in [7, 11) is 0. The highest BCUT2D eigenvalue weighted by atomic mass is 16.5. The molecule has 3 heterocycles. The molecule has 3 aliphatic rings. The molecular weight excluding hydrogens is 260 g/mol. The van der Waals surface area contributed by atoms with Crippen LogP contribution < -0.4 is 10.6 Å². The molecule has 7 nitrogen and oxygen atoms in total. The van der Waals surface area contributed by atoms with Gasteiger partial charge in [0.1, 0.15) is 5.54 Å². The number of carbonyl (C=O) groups is 2. The summed E-state index contributed by atoms with van der Waals surface area (Å²) >= 11 is 0. The zero-order valence-corrected chi connectivity index (χ0v) is 11.7. The standard InChI is InChI=1S/C13H22N4O3/c18-11-13(15-12(19)14-11)1-3-16(4-2-13)5-6-17-7-9-20-10-8-17/h1-10H2,(H2,14,15,18,19). The number of rotatable bonds is 3. The molecule has 7 heteroatoms. The molecule has 112 valence electrons. The van der Waals surface area contributed by atoms with E-state index in [1.807, 2.05) is 0 Å². The van der Waals surface area contributed by atoms with Gasteiger partial charge in [-0.2, -0.15) is 0 Å². The van der Waals surface area contributed by atoms with Crippen molar-refractivity contribution >= 4 is 11.9 Å². The first-order valence-corrected chi connectivity index (χ1v) is 7.34. The van der Waals surface area contributed by atoms with Gasteiger partial charge in [-0.05, 0) is 12.8 Å². The second-order valence-corrected chi connectivity index (χ2v) is 5.79. The van der Waals surface area contributed by atoms with Gasteiger partial charge in [0, 0.05) is 39.3 Å². The fourth-order valence-corrected chi connectivity index (χ4v) is 3.15. The van der Waals surface area contributed by atoms with Crippen molar-refractivity contribution in [3.05, 3.63) is 0 Å². The minimum absolute atomic E-state index is 0.157. The first kappa shape index (κ1) is 13.8. The number of ether oxygens (including phenoxy) is 1. The van der Waals surface area contributed by atoms with Crippen LogP contribution in [0.15, 0.2) is 0 Å². The number of likely N-dealkylation sites (tertiary alicyclic amines) is 1. The second kappa shape index (κ2) is 5.67. The number of urea groups is 1. The van der Waals surface area contributed by atoms with Crippen LogP contribution in [0.25, 0.3) is 0 Å². The summed E-state index contributed by atoms with van der Waals surface area (Å²) in [5.74, 6) is -0.157. The van der Waals surface area contributed by atoms with Gasteiger partial charge in [-0.3, -0.25) is 15.0 Å². The number of piperidine rings is 1.